The highest BCUT2D eigenvalue weighted by atomic mass is 19.4. The Morgan fingerprint density at radius 1 is 1.18 bits per heavy atom. The number of rotatable bonds is 5. The molecule has 2 aliphatic rings. The number of carbonyl (C=O) groups excluding carboxylic acids is 1. The lowest BCUT2D eigenvalue weighted by atomic mass is 9.90. The minimum Gasteiger partial charge on any atom is -0.379 e. The number of hydrogen-bond donors (Lipinski definition) is 1. The number of anilines is 1. The van der Waals surface area contributed by atoms with Crippen molar-refractivity contribution in [1.82, 2.24) is 24.6 Å². The van der Waals surface area contributed by atoms with Crippen molar-refractivity contribution in [3.63, 3.8) is 0 Å². The normalized spacial score (nSPS) is 18.3. The number of carbonyl (C=O) groups is 1. The fourth-order valence-electron chi connectivity index (χ4n) is 4.92. The van der Waals surface area contributed by atoms with Gasteiger partial charge in [-0.1, -0.05) is 6.08 Å². The summed E-state index contributed by atoms with van der Waals surface area (Å²) in [5.74, 6) is -0.344. The molecule has 5 rings (SSSR count). The molecule has 12 heteroatoms. The third-order valence-electron chi connectivity index (χ3n) is 7.06. The van der Waals surface area contributed by atoms with Crippen LogP contribution in [-0.4, -0.2) is 62.9 Å². The van der Waals surface area contributed by atoms with Crippen molar-refractivity contribution in [2.75, 3.05) is 31.6 Å². The van der Waals surface area contributed by atoms with E-state index in [9.17, 15) is 23.2 Å². The van der Waals surface area contributed by atoms with Gasteiger partial charge in [0, 0.05) is 25.3 Å². The van der Waals surface area contributed by atoms with Crippen LogP contribution in [0.5, 0.6) is 0 Å². The Balaban J connectivity index is 1.28. The Morgan fingerprint density at radius 2 is 1.97 bits per heavy atom. The second-order valence-electron chi connectivity index (χ2n) is 9.45. The van der Waals surface area contributed by atoms with Gasteiger partial charge in [-0.2, -0.15) is 23.5 Å². The topological polar surface area (TPSA) is 109 Å². The molecule has 1 aliphatic heterocycles. The van der Waals surface area contributed by atoms with Crippen LogP contribution in [0.1, 0.15) is 52.1 Å². The summed E-state index contributed by atoms with van der Waals surface area (Å²) in [4.78, 5) is 23.7. The van der Waals surface area contributed by atoms with E-state index in [2.05, 4.69) is 37.4 Å². The van der Waals surface area contributed by atoms with E-state index < -0.39 is 17.6 Å². The Kier molecular flexibility index (Phi) is 7.45. The van der Waals surface area contributed by atoms with Crippen LogP contribution in [0.25, 0.3) is 11.4 Å². The van der Waals surface area contributed by atoms with Gasteiger partial charge in [-0.25, -0.2) is 9.67 Å². The van der Waals surface area contributed by atoms with Crippen LogP contribution in [0.3, 0.4) is 0 Å². The Morgan fingerprint density at radius 3 is 2.62 bits per heavy atom. The summed E-state index contributed by atoms with van der Waals surface area (Å²) >= 11 is 0. The van der Waals surface area contributed by atoms with Gasteiger partial charge in [0.1, 0.15) is 6.07 Å². The second kappa shape index (κ2) is 11.0. The fourth-order valence-corrected chi connectivity index (χ4v) is 4.92. The van der Waals surface area contributed by atoms with E-state index in [0.717, 1.165) is 63.4 Å². The summed E-state index contributed by atoms with van der Waals surface area (Å²) in [7, 11) is 0. The van der Waals surface area contributed by atoms with Gasteiger partial charge in [-0.3, -0.25) is 14.7 Å². The van der Waals surface area contributed by atoms with Crippen LogP contribution in [0.2, 0.25) is 0 Å². The molecule has 1 unspecified atom stereocenters. The number of pyridine rings is 2. The fraction of sp³-hybridized carbons (Fsp3) is 0.370. The third kappa shape index (κ3) is 5.69. The predicted octanol–water partition coefficient (Wildman–Crippen LogP) is 4.38. The molecule has 1 amide bonds. The number of nitrogens with zero attached hydrogens (tertiary/aromatic N) is 6. The summed E-state index contributed by atoms with van der Waals surface area (Å²) in [6.45, 7) is 4.99. The molecular weight excluding hydrogens is 511 g/mol. The first kappa shape index (κ1) is 26.5. The lowest BCUT2D eigenvalue weighted by Crippen LogP contribution is -2.43. The molecule has 0 bridgehead atoms. The van der Waals surface area contributed by atoms with Gasteiger partial charge in [-0.05, 0) is 50.0 Å². The number of morpholine rings is 1. The van der Waals surface area contributed by atoms with E-state index in [-0.39, 0.29) is 11.4 Å². The zero-order chi connectivity index (χ0) is 27.6. The molecule has 0 saturated carbocycles. The van der Waals surface area contributed by atoms with E-state index in [1.807, 2.05) is 0 Å². The molecule has 202 valence electrons. The van der Waals surface area contributed by atoms with Crippen LogP contribution in [0, 0.1) is 18.3 Å². The highest BCUT2D eigenvalue weighted by molar-refractivity contribution is 6.05. The number of alkyl halides is 3. The van der Waals surface area contributed by atoms with Crippen LogP contribution >= 0.6 is 0 Å². The Bertz CT molecular complexity index is 1440. The quantitative estimate of drug-likeness (QED) is 0.515. The molecule has 0 aromatic carbocycles. The SMILES string of the molecule is Cc1c(C(=O)Nc2cnc(C3=CCC(N4CCOCC4)CC3)c(C#N)c2)cnn1-c1ccc(C(F)(F)F)cn1. The van der Waals surface area contributed by atoms with Gasteiger partial charge in [-0.15, -0.1) is 0 Å². The number of amides is 1. The van der Waals surface area contributed by atoms with Gasteiger partial charge in [0.2, 0.25) is 0 Å². The number of hydrogen-bond acceptors (Lipinski definition) is 7. The van der Waals surface area contributed by atoms with Gasteiger partial charge in [0.15, 0.2) is 5.82 Å². The molecule has 1 fully saturated rings. The Labute approximate surface area is 222 Å². The molecule has 1 saturated heterocycles. The summed E-state index contributed by atoms with van der Waals surface area (Å²) in [5.41, 5.74) is 2.09. The van der Waals surface area contributed by atoms with Crippen molar-refractivity contribution < 1.29 is 22.7 Å². The predicted molar refractivity (Wildman–Crippen MR) is 136 cm³/mol. The average Bonchev–Trinajstić information content (AvgIpc) is 3.34. The average molecular weight is 538 g/mol. The van der Waals surface area contributed by atoms with Crippen LogP contribution in [0.4, 0.5) is 18.9 Å². The summed E-state index contributed by atoms with van der Waals surface area (Å²) < 4.78 is 45.3. The molecule has 1 N–H and O–H groups in total. The monoisotopic (exact) mass is 537 g/mol. The van der Waals surface area contributed by atoms with E-state index in [1.54, 1.807) is 13.0 Å². The minimum absolute atomic E-state index is 0.147. The summed E-state index contributed by atoms with van der Waals surface area (Å²) in [5, 5.41) is 16.6. The molecule has 1 atom stereocenters. The van der Waals surface area contributed by atoms with E-state index >= 15 is 0 Å². The molecule has 9 nitrogen and oxygen atoms in total. The zero-order valence-electron chi connectivity index (χ0n) is 21.2. The molecular formula is C27H26F3N7O2. The molecule has 0 radical (unpaired) electrons. The molecule has 39 heavy (non-hydrogen) atoms. The van der Waals surface area contributed by atoms with Crippen molar-refractivity contribution in [3.8, 4) is 11.9 Å². The molecule has 3 aromatic rings. The lowest BCUT2D eigenvalue weighted by Gasteiger charge is -2.36. The number of aromatic nitrogens is 4. The van der Waals surface area contributed by atoms with Crippen molar-refractivity contribution in [2.24, 2.45) is 0 Å². The molecule has 4 heterocycles. The minimum atomic E-state index is -4.50. The van der Waals surface area contributed by atoms with Crippen LogP contribution < -0.4 is 5.32 Å². The van der Waals surface area contributed by atoms with Crippen molar-refractivity contribution in [1.29, 1.82) is 5.26 Å². The zero-order valence-corrected chi connectivity index (χ0v) is 21.2. The third-order valence-corrected chi connectivity index (χ3v) is 7.06. The van der Waals surface area contributed by atoms with Crippen LogP contribution in [-0.2, 0) is 10.9 Å². The standard InChI is InChI=1S/C27H26F3N7O2/c1-17-23(16-34-37(17)24-7-4-20(14-32-24)27(28,29)30)26(38)35-21-12-19(13-31)25(33-15-21)18-2-5-22(6-3-18)36-8-10-39-11-9-36/h2,4,7,12,14-16,22H,3,5-6,8-11H2,1H3,(H,35,38). The highest BCUT2D eigenvalue weighted by Crippen LogP contribution is 2.31. The first-order chi connectivity index (χ1) is 18.7. The first-order valence-corrected chi connectivity index (χ1v) is 12.6. The maximum absolute atomic E-state index is 13.0. The Hall–Kier alpha value is -4.08. The lowest BCUT2D eigenvalue weighted by molar-refractivity contribution is -0.137. The van der Waals surface area contributed by atoms with Crippen molar-refractivity contribution in [2.45, 2.75) is 38.4 Å². The first-order valence-electron chi connectivity index (χ1n) is 12.6. The summed E-state index contributed by atoms with van der Waals surface area (Å²) in [6, 6.07) is 6.33. The van der Waals surface area contributed by atoms with E-state index in [0.29, 0.717) is 28.7 Å². The molecule has 1 aliphatic carbocycles. The van der Waals surface area contributed by atoms with Gasteiger partial charge < -0.3 is 10.1 Å². The van der Waals surface area contributed by atoms with Gasteiger partial charge >= 0.3 is 6.18 Å². The summed E-state index contributed by atoms with van der Waals surface area (Å²) in [6.07, 6.45) is 3.88. The van der Waals surface area contributed by atoms with E-state index in [1.165, 1.54) is 23.1 Å². The maximum atomic E-state index is 13.0. The largest absolute Gasteiger partial charge is 0.417 e. The number of allylic oxidation sites excluding steroid dienone is 1. The molecule has 0 spiro atoms. The van der Waals surface area contributed by atoms with Crippen molar-refractivity contribution in [3.05, 3.63) is 70.9 Å². The van der Waals surface area contributed by atoms with Crippen molar-refractivity contribution >= 4 is 17.2 Å². The number of ether oxygens (including phenoxy) is 1. The smallest absolute Gasteiger partial charge is 0.379 e. The number of nitriles is 1. The van der Waals surface area contributed by atoms with Crippen LogP contribution in [0.15, 0.2) is 42.9 Å². The van der Waals surface area contributed by atoms with Gasteiger partial charge in [0.05, 0.1) is 59.4 Å². The highest BCUT2D eigenvalue weighted by Gasteiger charge is 2.31. The maximum Gasteiger partial charge on any atom is 0.417 e. The van der Waals surface area contributed by atoms with Gasteiger partial charge in [0.25, 0.3) is 5.91 Å². The number of nitrogens with one attached hydrogen (secondary N) is 1. The van der Waals surface area contributed by atoms with E-state index in [4.69, 9.17) is 4.74 Å². The number of halogens is 3. The molecule has 3 aromatic heterocycles. The second-order valence-corrected chi connectivity index (χ2v) is 9.45.